The van der Waals surface area contributed by atoms with Crippen molar-refractivity contribution in [2.24, 2.45) is 0 Å². The Morgan fingerprint density at radius 2 is 1.68 bits per heavy atom. The summed E-state index contributed by atoms with van der Waals surface area (Å²) in [5.74, 6) is 1.56. The molecule has 124 valence electrons. The van der Waals surface area contributed by atoms with Crippen LogP contribution in [0.5, 0.6) is 11.5 Å². The van der Waals surface area contributed by atoms with Crippen LogP contribution in [0.3, 0.4) is 0 Å². The van der Waals surface area contributed by atoms with Gasteiger partial charge in [0.15, 0.2) is 0 Å². The fraction of sp³-hybridized carbons (Fsp3) is 0.647. The molecule has 5 heteroatoms. The summed E-state index contributed by atoms with van der Waals surface area (Å²) in [6.07, 6.45) is 3.26. The highest BCUT2D eigenvalue weighted by atomic mass is 32.2. The van der Waals surface area contributed by atoms with Gasteiger partial charge in [-0.1, -0.05) is 6.42 Å². The van der Waals surface area contributed by atoms with E-state index in [0.29, 0.717) is 0 Å². The summed E-state index contributed by atoms with van der Waals surface area (Å²) in [7, 11) is 2.29. The summed E-state index contributed by atoms with van der Waals surface area (Å²) in [5, 5.41) is 0. The van der Waals surface area contributed by atoms with Crippen molar-refractivity contribution in [1.29, 1.82) is 0 Å². The molecule has 1 heterocycles. The van der Waals surface area contributed by atoms with Crippen LogP contribution in [0, 0.1) is 0 Å². The molecular formula is C17H27NO3S. The quantitative estimate of drug-likeness (QED) is 0.847. The molecule has 1 aromatic carbocycles. The fourth-order valence-electron chi connectivity index (χ4n) is 2.81. The molecule has 0 bridgehead atoms. The number of hydrogen-bond donors (Lipinski definition) is 0. The van der Waals surface area contributed by atoms with Crippen LogP contribution >= 0.6 is 0 Å². The van der Waals surface area contributed by atoms with Crippen molar-refractivity contribution in [2.45, 2.75) is 50.8 Å². The fourth-order valence-corrected chi connectivity index (χ4v) is 4.27. The Bertz CT molecular complexity index is 517. The molecule has 2 rings (SSSR count). The second kappa shape index (κ2) is 7.01. The minimum atomic E-state index is -1.02. The second-order valence-corrected chi connectivity index (χ2v) is 8.85. The molecule has 1 aromatic rings. The molecule has 0 amide bonds. The van der Waals surface area contributed by atoms with Crippen LogP contribution in [0.1, 0.15) is 51.6 Å². The molecule has 2 atom stereocenters. The van der Waals surface area contributed by atoms with E-state index in [4.69, 9.17) is 9.47 Å². The lowest BCUT2D eigenvalue weighted by atomic mass is 9.97. The normalized spacial score (nSPS) is 21.4. The first kappa shape index (κ1) is 17.3. The van der Waals surface area contributed by atoms with Crippen LogP contribution in [0.4, 0.5) is 0 Å². The number of rotatable bonds is 4. The largest absolute Gasteiger partial charge is 0.497 e. The molecule has 1 fully saturated rings. The molecule has 0 spiro atoms. The van der Waals surface area contributed by atoms with Gasteiger partial charge in [0.05, 0.1) is 19.0 Å². The van der Waals surface area contributed by atoms with Crippen LogP contribution in [0.2, 0.25) is 0 Å². The average Bonchev–Trinajstić information content (AvgIpc) is 2.52. The number of hydrogen-bond acceptors (Lipinski definition) is 3. The van der Waals surface area contributed by atoms with Gasteiger partial charge >= 0.3 is 0 Å². The van der Waals surface area contributed by atoms with Crippen molar-refractivity contribution in [3.63, 3.8) is 0 Å². The zero-order valence-electron chi connectivity index (χ0n) is 14.2. The predicted molar refractivity (Wildman–Crippen MR) is 90.7 cm³/mol. The maximum Gasteiger partial charge on any atom is 0.122 e. The first-order valence-corrected chi connectivity index (χ1v) is 8.89. The van der Waals surface area contributed by atoms with Gasteiger partial charge in [0.25, 0.3) is 0 Å². The highest BCUT2D eigenvalue weighted by Crippen LogP contribution is 2.37. The number of ether oxygens (including phenoxy) is 2. The van der Waals surface area contributed by atoms with Crippen LogP contribution in [0.25, 0.3) is 0 Å². The SMILES string of the molecule is COc1cc(OC)cc([C@H]2CCCCN2[S@](=O)C(C)(C)C)c1. The van der Waals surface area contributed by atoms with E-state index >= 15 is 0 Å². The van der Waals surface area contributed by atoms with E-state index in [2.05, 4.69) is 4.31 Å². The average molecular weight is 325 g/mol. The zero-order chi connectivity index (χ0) is 16.3. The Morgan fingerprint density at radius 3 is 2.18 bits per heavy atom. The Morgan fingerprint density at radius 1 is 1.09 bits per heavy atom. The van der Waals surface area contributed by atoms with Crippen molar-refractivity contribution in [2.75, 3.05) is 20.8 Å². The molecule has 0 N–H and O–H groups in total. The van der Waals surface area contributed by atoms with Crippen molar-refractivity contribution in [3.8, 4) is 11.5 Å². The zero-order valence-corrected chi connectivity index (χ0v) is 15.0. The van der Waals surface area contributed by atoms with Gasteiger partial charge in [0.1, 0.15) is 22.5 Å². The monoisotopic (exact) mass is 325 g/mol. The molecule has 4 nitrogen and oxygen atoms in total. The van der Waals surface area contributed by atoms with Gasteiger partial charge in [-0.05, 0) is 51.3 Å². The summed E-state index contributed by atoms with van der Waals surface area (Å²) in [4.78, 5) is 0. The molecule has 0 radical (unpaired) electrons. The van der Waals surface area contributed by atoms with E-state index in [1.54, 1.807) is 14.2 Å². The van der Waals surface area contributed by atoms with Gasteiger partial charge in [-0.2, -0.15) is 0 Å². The summed E-state index contributed by atoms with van der Waals surface area (Å²) in [6, 6.07) is 6.09. The van der Waals surface area contributed by atoms with Crippen molar-refractivity contribution in [3.05, 3.63) is 23.8 Å². The Balaban J connectivity index is 2.37. The third-order valence-electron chi connectivity index (χ3n) is 3.95. The highest BCUT2D eigenvalue weighted by Gasteiger charge is 2.34. The minimum absolute atomic E-state index is 0.151. The summed E-state index contributed by atoms with van der Waals surface area (Å²) >= 11 is 0. The third-order valence-corrected chi connectivity index (χ3v) is 5.86. The van der Waals surface area contributed by atoms with Crippen LogP contribution in [-0.4, -0.2) is 34.0 Å². The molecule has 22 heavy (non-hydrogen) atoms. The lowest BCUT2D eigenvalue weighted by molar-refractivity contribution is 0.262. The number of benzene rings is 1. The van der Waals surface area contributed by atoms with E-state index in [1.807, 2.05) is 39.0 Å². The smallest absolute Gasteiger partial charge is 0.122 e. The van der Waals surface area contributed by atoms with Gasteiger partial charge in [0.2, 0.25) is 0 Å². The first-order valence-electron chi connectivity index (χ1n) is 7.78. The lowest BCUT2D eigenvalue weighted by Crippen LogP contribution is -2.42. The first-order chi connectivity index (χ1) is 10.4. The molecule has 1 saturated heterocycles. The lowest BCUT2D eigenvalue weighted by Gasteiger charge is -2.38. The maximum absolute atomic E-state index is 12.9. The topological polar surface area (TPSA) is 38.8 Å². The van der Waals surface area contributed by atoms with Crippen molar-refractivity contribution < 1.29 is 13.7 Å². The number of methoxy groups -OCH3 is 2. The van der Waals surface area contributed by atoms with E-state index in [0.717, 1.165) is 42.9 Å². The van der Waals surface area contributed by atoms with Crippen LogP contribution in [0.15, 0.2) is 18.2 Å². The highest BCUT2D eigenvalue weighted by molar-refractivity contribution is 7.84. The molecule has 0 aromatic heterocycles. The van der Waals surface area contributed by atoms with E-state index < -0.39 is 11.0 Å². The van der Waals surface area contributed by atoms with E-state index in [1.165, 1.54) is 0 Å². The Kier molecular flexibility index (Phi) is 5.50. The van der Waals surface area contributed by atoms with Gasteiger partial charge in [0, 0.05) is 18.7 Å². The summed E-state index contributed by atoms with van der Waals surface area (Å²) < 4.78 is 25.5. The summed E-state index contributed by atoms with van der Waals surface area (Å²) in [6.45, 7) is 6.96. The molecule has 0 unspecified atom stereocenters. The van der Waals surface area contributed by atoms with Gasteiger partial charge in [-0.15, -0.1) is 0 Å². The van der Waals surface area contributed by atoms with Crippen molar-refractivity contribution >= 4 is 11.0 Å². The molecule has 1 aliphatic rings. The van der Waals surface area contributed by atoms with Gasteiger partial charge in [-0.3, -0.25) is 0 Å². The van der Waals surface area contributed by atoms with E-state index in [-0.39, 0.29) is 10.8 Å². The Labute approximate surface area is 136 Å². The number of nitrogens with zero attached hydrogens (tertiary/aromatic N) is 1. The molecular weight excluding hydrogens is 298 g/mol. The predicted octanol–water partition coefficient (Wildman–Crippen LogP) is 3.69. The van der Waals surface area contributed by atoms with Gasteiger partial charge in [-0.25, -0.2) is 8.51 Å². The second-order valence-electron chi connectivity index (χ2n) is 6.66. The van der Waals surface area contributed by atoms with E-state index in [9.17, 15) is 4.21 Å². The standard InChI is InChI=1S/C17H27NO3S/c1-17(2,3)22(19)18-9-7-6-8-16(18)13-10-14(20-4)12-15(11-13)21-5/h10-12,16H,6-9H2,1-5H3/t16-,22-/m1/s1. The minimum Gasteiger partial charge on any atom is -0.497 e. The third kappa shape index (κ3) is 3.82. The maximum atomic E-state index is 12.9. The summed E-state index contributed by atoms with van der Waals surface area (Å²) in [5.41, 5.74) is 1.12. The molecule has 1 aliphatic heterocycles. The van der Waals surface area contributed by atoms with Crippen molar-refractivity contribution in [1.82, 2.24) is 4.31 Å². The van der Waals surface area contributed by atoms with Crippen LogP contribution in [-0.2, 0) is 11.0 Å². The van der Waals surface area contributed by atoms with Crippen LogP contribution < -0.4 is 9.47 Å². The molecule has 0 aliphatic carbocycles. The number of piperidine rings is 1. The molecule has 0 saturated carbocycles. The Hall–Kier alpha value is -1.07. The van der Waals surface area contributed by atoms with Gasteiger partial charge < -0.3 is 9.47 Å².